The fourth-order valence-corrected chi connectivity index (χ4v) is 2.81. The topological polar surface area (TPSA) is 101 Å². The van der Waals surface area contributed by atoms with E-state index in [4.69, 9.17) is 5.11 Å². The van der Waals surface area contributed by atoms with Crippen molar-refractivity contribution in [2.45, 2.75) is 45.2 Å². The third kappa shape index (κ3) is 4.78. The maximum absolute atomic E-state index is 12.4. The van der Waals surface area contributed by atoms with Crippen LogP contribution in [0.3, 0.4) is 0 Å². The van der Waals surface area contributed by atoms with Crippen LogP contribution in [-0.4, -0.2) is 32.3 Å². The lowest BCUT2D eigenvalue weighted by Gasteiger charge is -2.31. The summed E-state index contributed by atoms with van der Waals surface area (Å²) >= 11 is 0. The second-order valence-electron chi connectivity index (χ2n) is 6.19. The first-order valence-electron chi connectivity index (χ1n) is 8.55. The molecule has 0 saturated heterocycles. The first kappa shape index (κ1) is 19.4. The van der Waals surface area contributed by atoms with Crippen LogP contribution in [0.15, 0.2) is 47.3 Å². The zero-order valence-corrected chi connectivity index (χ0v) is 14.9. The lowest BCUT2D eigenvalue weighted by molar-refractivity contribution is -0.139. The van der Waals surface area contributed by atoms with Gasteiger partial charge in [0.2, 0.25) is 5.91 Å². The van der Waals surface area contributed by atoms with Gasteiger partial charge in [-0.2, -0.15) is 5.10 Å². The van der Waals surface area contributed by atoms with Gasteiger partial charge in [0.05, 0.1) is 17.7 Å². The monoisotopic (exact) mass is 357 g/mol. The number of aromatic nitrogens is 2. The number of amides is 1. The largest absolute Gasteiger partial charge is 0.481 e. The number of carbonyl (C=O) groups is 2. The van der Waals surface area contributed by atoms with Crippen molar-refractivity contribution in [1.29, 1.82) is 0 Å². The molecule has 0 bridgehead atoms. The molecule has 7 heteroatoms. The molecule has 0 aliphatic carbocycles. The number of carboxylic acid groups (broad SMARTS) is 1. The highest BCUT2D eigenvalue weighted by atomic mass is 16.4. The number of benzene rings is 1. The number of nitrogens with one attached hydrogen (secondary N) is 1. The van der Waals surface area contributed by atoms with E-state index in [9.17, 15) is 14.4 Å². The van der Waals surface area contributed by atoms with E-state index in [-0.39, 0.29) is 13.0 Å². The molecular formula is C19H23N3O4. The number of aliphatic carboxylic acids is 1. The molecule has 0 spiro atoms. The molecular weight excluding hydrogens is 334 g/mol. The van der Waals surface area contributed by atoms with Crippen molar-refractivity contribution in [2.75, 3.05) is 0 Å². The van der Waals surface area contributed by atoms with Crippen molar-refractivity contribution >= 4 is 11.9 Å². The number of hydrogen-bond donors (Lipinski definition) is 2. The van der Waals surface area contributed by atoms with Crippen molar-refractivity contribution in [2.24, 2.45) is 0 Å². The summed E-state index contributed by atoms with van der Waals surface area (Å²) in [4.78, 5) is 35.6. The Labute approximate surface area is 151 Å². The fraction of sp³-hybridized carbons (Fsp3) is 0.368. The Hall–Kier alpha value is -2.96. The number of rotatable bonds is 8. The van der Waals surface area contributed by atoms with Gasteiger partial charge in [0.1, 0.15) is 6.54 Å². The normalized spacial score (nSPS) is 11.2. The van der Waals surface area contributed by atoms with Crippen molar-refractivity contribution in [3.63, 3.8) is 0 Å². The standard InChI is InChI=1S/C19H23N3O4/c1-3-19(4-2,12-18(25)26)20-16(23)13-22-17(24)11-10-15(21-22)14-8-6-5-7-9-14/h5-11H,3-4,12-13H2,1-2H3,(H,20,23)(H,25,26). The molecule has 0 atom stereocenters. The van der Waals surface area contributed by atoms with Gasteiger partial charge in [-0.1, -0.05) is 44.2 Å². The predicted octanol–water partition coefficient (Wildman–Crippen LogP) is 2.06. The molecule has 0 radical (unpaired) electrons. The molecule has 7 nitrogen and oxygen atoms in total. The average molecular weight is 357 g/mol. The summed E-state index contributed by atoms with van der Waals surface area (Å²) in [6.07, 6.45) is 0.792. The Morgan fingerprint density at radius 2 is 1.77 bits per heavy atom. The van der Waals surface area contributed by atoms with Crippen LogP contribution in [0, 0.1) is 0 Å². The minimum absolute atomic E-state index is 0.169. The zero-order valence-electron chi connectivity index (χ0n) is 14.9. The van der Waals surface area contributed by atoms with Crippen LogP contribution in [-0.2, 0) is 16.1 Å². The minimum atomic E-state index is -0.977. The zero-order chi connectivity index (χ0) is 19.2. The Kier molecular flexibility index (Phi) is 6.27. The highest BCUT2D eigenvalue weighted by molar-refractivity contribution is 5.78. The van der Waals surface area contributed by atoms with E-state index < -0.39 is 23.0 Å². The van der Waals surface area contributed by atoms with E-state index in [0.717, 1.165) is 10.2 Å². The van der Waals surface area contributed by atoms with E-state index in [2.05, 4.69) is 10.4 Å². The highest BCUT2D eigenvalue weighted by Gasteiger charge is 2.31. The molecule has 2 aromatic rings. The van der Waals surface area contributed by atoms with Crippen molar-refractivity contribution < 1.29 is 14.7 Å². The Morgan fingerprint density at radius 1 is 1.12 bits per heavy atom. The SMILES string of the molecule is CCC(CC)(CC(=O)O)NC(=O)Cn1nc(-c2ccccc2)ccc1=O. The van der Waals surface area contributed by atoms with Gasteiger partial charge >= 0.3 is 5.97 Å². The maximum Gasteiger partial charge on any atom is 0.305 e. The van der Waals surface area contributed by atoms with E-state index in [0.29, 0.717) is 18.5 Å². The van der Waals surface area contributed by atoms with Gasteiger partial charge < -0.3 is 10.4 Å². The first-order chi connectivity index (χ1) is 12.4. The van der Waals surface area contributed by atoms with Crippen molar-refractivity contribution in [3.8, 4) is 11.3 Å². The summed E-state index contributed by atoms with van der Waals surface area (Å²) in [5.74, 6) is -1.41. The number of nitrogens with zero attached hydrogens (tertiary/aromatic N) is 2. The van der Waals surface area contributed by atoms with Crippen LogP contribution >= 0.6 is 0 Å². The quantitative estimate of drug-likeness (QED) is 0.753. The Morgan fingerprint density at radius 3 is 2.35 bits per heavy atom. The molecule has 0 unspecified atom stereocenters. The molecule has 0 aliphatic rings. The molecule has 26 heavy (non-hydrogen) atoms. The number of hydrogen-bond acceptors (Lipinski definition) is 4. The van der Waals surface area contributed by atoms with Gasteiger partial charge in [0.25, 0.3) is 5.56 Å². The molecule has 1 aromatic carbocycles. The molecule has 138 valence electrons. The van der Waals surface area contributed by atoms with Crippen LogP contribution in [0.1, 0.15) is 33.1 Å². The molecule has 0 saturated carbocycles. The van der Waals surface area contributed by atoms with Crippen molar-refractivity contribution in [1.82, 2.24) is 15.1 Å². The van der Waals surface area contributed by atoms with E-state index >= 15 is 0 Å². The van der Waals surface area contributed by atoms with Crippen LogP contribution in [0.25, 0.3) is 11.3 Å². The molecule has 1 heterocycles. The summed E-state index contributed by atoms with van der Waals surface area (Å²) in [5.41, 5.74) is 0.199. The first-order valence-corrected chi connectivity index (χ1v) is 8.55. The van der Waals surface area contributed by atoms with E-state index in [1.807, 2.05) is 44.2 Å². The van der Waals surface area contributed by atoms with Crippen LogP contribution in [0.5, 0.6) is 0 Å². The van der Waals surface area contributed by atoms with Gasteiger partial charge in [-0.05, 0) is 18.9 Å². The van der Waals surface area contributed by atoms with Crippen LogP contribution < -0.4 is 10.9 Å². The third-order valence-corrected chi connectivity index (χ3v) is 4.48. The fourth-order valence-electron chi connectivity index (χ4n) is 2.81. The predicted molar refractivity (Wildman–Crippen MR) is 97.6 cm³/mol. The maximum atomic E-state index is 12.4. The van der Waals surface area contributed by atoms with Gasteiger partial charge in [-0.15, -0.1) is 0 Å². The Balaban J connectivity index is 2.20. The average Bonchev–Trinajstić information content (AvgIpc) is 2.63. The van der Waals surface area contributed by atoms with E-state index in [1.54, 1.807) is 6.07 Å². The molecule has 1 amide bonds. The molecule has 0 fully saturated rings. The van der Waals surface area contributed by atoms with Crippen LogP contribution in [0.2, 0.25) is 0 Å². The summed E-state index contributed by atoms with van der Waals surface area (Å²) in [6, 6.07) is 12.3. The van der Waals surface area contributed by atoms with Crippen molar-refractivity contribution in [3.05, 3.63) is 52.8 Å². The summed E-state index contributed by atoms with van der Waals surface area (Å²) in [7, 11) is 0. The van der Waals surface area contributed by atoms with E-state index in [1.165, 1.54) is 6.07 Å². The lowest BCUT2D eigenvalue weighted by atomic mass is 9.89. The summed E-state index contributed by atoms with van der Waals surface area (Å²) < 4.78 is 1.09. The van der Waals surface area contributed by atoms with Crippen LogP contribution in [0.4, 0.5) is 0 Å². The summed E-state index contributed by atoms with van der Waals surface area (Å²) in [6.45, 7) is 3.39. The van der Waals surface area contributed by atoms with Gasteiger partial charge in [-0.25, -0.2) is 4.68 Å². The number of carbonyl (C=O) groups excluding carboxylic acids is 1. The molecule has 0 aliphatic heterocycles. The molecule has 1 aromatic heterocycles. The summed E-state index contributed by atoms with van der Waals surface area (Å²) in [5, 5.41) is 16.1. The third-order valence-electron chi connectivity index (χ3n) is 4.48. The minimum Gasteiger partial charge on any atom is -0.481 e. The molecule has 2 N–H and O–H groups in total. The Bertz CT molecular complexity index is 826. The highest BCUT2D eigenvalue weighted by Crippen LogP contribution is 2.20. The number of carboxylic acids is 1. The van der Waals surface area contributed by atoms with Gasteiger partial charge in [-0.3, -0.25) is 14.4 Å². The van der Waals surface area contributed by atoms with Gasteiger partial charge in [0.15, 0.2) is 0 Å². The second kappa shape index (κ2) is 8.42. The smallest absolute Gasteiger partial charge is 0.305 e. The second-order valence-corrected chi connectivity index (χ2v) is 6.19. The van der Waals surface area contributed by atoms with Gasteiger partial charge in [0, 0.05) is 11.6 Å². The molecule has 2 rings (SSSR count). The lowest BCUT2D eigenvalue weighted by Crippen LogP contribution is -2.50.